The molecule has 2 heterocycles. The molecule has 0 aromatic rings. The predicted molar refractivity (Wildman–Crippen MR) is 90.8 cm³/mol. The fourth-order valence-electron chi connectivity index (χ4n) is 3.04. The van der Waals surface area contributed by atoms with E-state index in [1.54, 1.807) is 6.20 Å². The Morgan fingerprint density at radius 2 is 2.04 bits per heavy atom. The Hall–Kier alpha value is -2.07. The van der Waals surface area contributed by atoms with Gasteiger partial charge in [0.1, 0.15) is 11.6 Å². The highest BCUT2D eigenvalue weighted by atomic mass is 16.2. The van der Waals surface area contributed by atoms with Gasteiger partial charge in [0.2, 0.25) is 5.91 Å². The summed E-state index contributed by atoms with van der Waals surface area (Å²) in [6.07, 6.45) is 3.95. The van der Waals surface area contributed by atoms with E-state index in [1.165, 1.54) is 0 Å². The number of likely N-dealkylation sites (tertiary alicyclic amines) is 1. The van der Waals surface area contributed by atoms with Crippen molar-refractivity contribution in [3.05, 3.63) is 11.8 Å². The maximum absolute atomic E-state index is 12.1. The lowest BCUT2D eigenvalue weighted by Gasteiger charge is -2.33. The number of hydrogen-bond donors (Lipinski definition) is 1. The molecule has 0 unspecified atom stereocenters. The lowest BCUT2D eigenvalue weighted by Crippen LogP contribution is -2.44. The lowest BCUT2D eigenvalue weighted by molar-refractivity contribution is -0.127. The van der Waals surface area contributed by atoms with Crippen LogP contribution in [-0.2, 0) is 9.59 Å². The molecular weight excluding hydrogens is 306 g/mol. The molecule has 2 aliphatic heterocycles. The number of hydrogen-bond acceptors (Lipinski definition) is 5. The molecule has 2 fully saturated rings. The van der Waals surface area contributed by atoms with E-state index in [0.29, 0.717) is 25.9 Å². The number of likely N-dealkylation sites (N-methyl/N-ethyl adjacent to an activating group) is 1. The largest absolute Gasteiger partial charge is 0.374 e. The summed E-state index contributed by atoms with van der Waals surface area (Å²) in [4.78, 5) is 29.8. The zero-order chi connectivity index (χ0) is 17.4. The Labute approximate surface area is 143 Å². The molecule has 2 rings (SSSR count). The van der Waals surface area contributed by atoms with Crippen molar-refractivity contribution in [1.82, 2.24) is 20.0 Å². The maximum Gasteiger partial charge on any atom is 0.263 e. The van der Waals surface area contributed by atoms with E-state index in [2.05, 4.69) is 17.1 Å². The number of amides is 2. The number of nitrogens with zero attached hydrogens (tertiary/aromatic N) is 4. The van der Waals surface area contributed by atoms with Crippen LogP contribution < -0.4 is 5.32 Å². The van der Waals surface area contributed by atoms with Gasteiger partial charge in [-0.2, -0.15) is 5.26 Å². The van der Waals surface area contributed by atoms with Gasteiger partial charge in [-0.05, 0) is 19.4 Å². The summed E-state index contributed by atoms with van der Waals surface area (Å²) in [7, 11) is 0. The summed E-state index contributed by atoms with van der Waals surface area (Å²) in [6, 6.07) is 1.99. The van der Waals surface area contributed by atoms with Crippen LogP contribution in [0.5, 0.6) is 0 Å². The first-order valence-electron chi connectivity index (χ1n) is 8.78. The summed E-state index contributed by atoms with van der Waals surface area (Å²) < 4.78 is 0. The van der Waals surface area contributed by atoms with Crippen LogP contribution in [0.1, 0.15) is 26.2 Å². The van der Waals surface area contributed by atoms with Gasteiger partial charge in [0.25, 0.3) is 5.91 Å². The highest BCUT2D eigenvalue weighted by molar-refractivity contribution is 5.97. The average Bonchev–Trinajstić information content (AvgIpc) is 3.02. The first kappa shape index (κ1) is 18.3. The lowest BCUT2D eigenvalue weighted by atomic mass is 10.2. The first-order chi connectivity index (χ1) is 11.6. The van der Waals surface area contributed by atoms with Gasteiger partial charge in [-0.15, -0.1) is 0 Å². The van der Waals surface area contributed by atoms with Crippen LogP contribution in [0.25, 0.3) is 0 Å². The third kappa shape index (κ3) is 5.24. The van der Waals surface area contributed by atoms with E-state index in [0.717, 1.165) is 45.7 Å². The summed E-state index contributed by atoms with van der Waals surface area (Å²) in [5.74, 6) is -0.131. The second-order valence-corrected chi connectivity index (χ2v) is 6.22. The van der Waals surface area contributed by atoms with Gasteiger partial charge < -0.3 is 20.0 Å². The molecule has 2 aliphatic rings. The molecule has 0 saturated carbocycles. The zero-order valence-corrected chi connectivity index (χ0v) is 14.5. The molecular formula is C17H27N5O2. The summed E-state index contributed by atoms with van der Waals surface area (Å²) in [5.41, 5.74) is 0.150. The van der Waals surface area contributed by atoms with Gasteiger partial charge in [-0.3, -0.25) is 9.59 Å². The normalized spacial score (nSPS) is 19.5. The number of nitriles is 1. The number of piperazine rings is 1. The molecule has 0 bridgehead atoms. The Balaban J connectivity index is 1.72. The van der Waals surface area contributed by atoms with Crippen LogP contribution in [0.2, 0.25) is 0 Å². The third-order valence-electron chi connectivity index (χ3n) is 4.59. The van der Waals surface area contributed by atoms with Crippen molar-refractivity contribution in [3.63, 3.8) is 0 Å². The van der Waals surface area contributed by atoms with Crippen molar-refractivity contribution in [1.29, 1.82) is 5.26 Å². The van der Waals surface area contributed by atoms with Crippen LogP contribution in [0.3, 0.4) is 0 Å². The zero-order valence-electron chi connectivity index (χ0n) is 14.5. The Bertz CT molecular complexity index is 518. The second kappa shape index (κ2) is 9.28. The van der Waals surface area contributed by atoms with Gasteiger partial charge in [-0.1, -0.05) is 6.92 Å². The molecule has 0 aromatic carbocycles. The fraction of sp³-hybridized carbons (Fsp3) is 0.706. The van der Waals surface area contributed by atoms with Crippen LogP contribution in [0.4, 0.5) is 0 Å². The number of carbonyl (C=O) groups excluding carboxylic acids is 2. The van der Waals surface area contributed by atoms with E-state index in [1.807, 2.05) is 15.9 Å². The average molecular weight is 333 g/mol. The molecule has 0 spiro atoms. The quantitative estimate of drug-likeness (QED) is 0.408. The third-order valence-corrected chi connectivity index (χ3v) is 4.59. The molecule has 0 aromatic heterocycles. The van der Waals surface area contributed by atoms with Crippen LogP contribution in [0, 0.1) is 11.3 Å². The number of rotatable bonds is 7. The van der Waals surface area contributed by atoms with Crippen molar-refractivity contribution in [2.75, 3.05) is 52.4 Å². The highest BCUT2D eigenvalue weighted by Crippen LogP contribution is 2.09. The van der Waals surface area contributed by atoms with Gasteiger partial charge >= 0.3 is 0 Å². The molecule has 24 heavy (non-hydrogen) atoms. The van der Waals surface area contributed by atoms with E-state index in [-0.39, 0.29) is 17.4 Å². The van der Waals surface area contributed by atoms with Crippen molar-refractivity contribution in [2.24, 2.45) is 0 Å². The standard InChI is InChI=1S/C17H27N5O2/c1-2-20-9-11-21(12-10-20)14-15(13-18)17(24)19-6-4-8-22-7-3-5-16(22)23/h14H,2-12H2,1H3,(H,19,24)/b15-14-. The van der Waals surface area contributed by atoms with Crippen molar-refractivity contribution >= 4 is 11.8 Å². The summed E-state index contributed by atoms with van der Waals surface area (Å²) >= 11 is 0. The first-order valence-corrected chi connectivity index (χ1v) is 8.78. The molecule has 1 N–H and O–H groups in total. The molecule has 0 aliphatic carbocycles. The molecule has 2 amide bonds. The minimum atomic E-state index is -0.330. The fourth-order valence-corrected chi connectivity index (χ4v) is 3.04. The molecule has 2 saturated heterocycles. The molecule has 7 heteroatoms. The molecule has 7 nitrogen and oxygen atoms in total. The van der Waals surface area contributed by atoms with Gasteiger partial charge in [0.05, 0.1) is 0 Å². The smallest absolute Gasteiger partial charge is 0.263 e. The van der Waals surface area contributed by atoms with Gasteiger partial charge in [0, 0.05) is 58.4 Å². The van der Waals surface area contributed by atoms with Crippen molar-refractivity contribution in [2.45, 2.75) is 26.2 Å². The SMILES string of the molecule is CCN1CCN(/C=C(/C#N)C(=O)NCCCN2CCCC2=O)CC1. The molecule has 132 valence electrons. The number of nitrogens with one attached hydrogen (secondary N) is 1. The van der Waals surface area contributed by atoms with Gasteiger partial charge in [-0.25, -0.2) is 0 Å². The topological polar surface area (TPSA) is 79.7 Å². The van der Waals surface area contributed by atoms with Gasteiger partial charge in [0.15, 0.2) is 0 Å². The Morgan fingerprint density at radius 1 is 1.29 bits per heavy atom. The van der Waals surface area contributed by atoms with Crippen LogP contribution >= 0.6 is 0 Å². The monoisotopic (exact) mass is 333 g/mol. The van der Waals surface area contributed by atoms with Crippen LogP contribution in [-0.4, -0.2) is 78.9 Å². The van der Waals surface area contributed by atoms with Crippen LogP contribution in [0.15, 0.2) is 11.8 Å². The highest BCUT2D eigenvalue weighted by Gasteiger charge is 2.19. The van der Waals surface area contributed by atoms with E-state index in [9.17, 15) is 14.9 Å². The van der Waals surface area contributed by atoms with Crippen molar-refractivity contribution in [3.8, 4) is 6.07 Å². The number of carbonyl (C=O) groups is 2. The Morgan fingerprint density at radius 3 is 2.62 bits per heavy atom. The van der Waals surface area contributed by atoms with E-state index in [4.69, 9.17) is 0 Å². The maximum atomic E-state index is 12.1. The minimum Gasteiger partial charge on any atom is -0.374 e. The summed E-state index contributed by atoms with van der Waals surface area (Å²) in [6.45, 7) is 8.72. The minimum absolute atomic E-state index is 0.150. The predicted octanol–water partition coefficient (Wildman–Crippen LogP) is 0.160. The molecule has 0 radical (unpaired) electrons. The summed E-state index contributed by atoms with van der Waals surface area (Å²) in [5, 5.41) is 12.0. The van der Waals surface area contributed by atoms with E-state index >= 15 is 0 Å². The van der Waals surface area contributed by atoms with E-state index < -0.39 is 0 Å². The molecule has 0 atom stereocenters. The Kier molecular flexibility index (Phi) is 7.07. The van der Waals surface area contributed by atoms with Crippen molar-refractivity contribution < 1.29 is 9.59 Å². The second-order valence-electron chi connectivity index (χ2n) is 6.22.